The van der Waals surface area contributed by atoms with Gasteiger partial charge < -0.3 is 10.5 Å². The molecule has 1 aromatic heterocycles. The summed E-state index contributed by atoms with van der Waals surface area (Å²) in [4.78, 5) is 4.15. The van der Waals surface area contributed by atoms with Crippen molar-refractivity contribution in [3.63, 3.8) is 0 Å². The van der Waals surface area contributed by atoms with Gasteiger partial charge in [-0.3, -0.25) is 4.72 Å². The summed E-state index contributed by atoms with van der Waals surface area (Å²) in [6, 6.07) is 3.97. The van der Waals surface area contributed by atoms with E-state index >= 15 is 0 Å². The number of anilines is 2. The van der Waals surface area contributed by atoms with E-state index in [9.17, 15) is 12.8 Å². The quantitative estimate of drug-likeness (QED) is 0.789. The number of methoxy groups -OCH3 is 1. The zero-order valence-corrected chi connectivity index (χ0v) is 12.8. The number of halogens is 1. The predicted octanol–water partition coefficient (Wildman–Crippen LogP) is 1.92. The van der Waals surface area contributed by atoms with Crippen molar-refractivity contribution < 1.29 is 17.5 Å². The van der Waals surface area contributed by atoms with Crippen molar-refractivity contribution in [1.29, 1.82) is 0 Å². The first-order chi connectivity index (χ1) is 9.91. The number of nitrogens with two attached hydrogens (primary N) is 1. The van der Waals surface area contributed by atoms with Gasteiger partial charge in [-0.05, 0) is 18.2 Å². The van der Waals surface area contributed by atoms with Gasteiger partial charge in [0.15, 0.2) is 5.13 Å². The molecule has 0 fully saturated rings. The second-order valence-electron chi connectivity index (χ2n) is 4.18. The maximum Gasteiger partial charge on any atom is 0.236 e. The minimum Gasteiger partial charge on any atom is -0.398 e. The second kappa shape index (κ2) is 6.37. The number of nitrogens with zero attached hydrogens (tertiary/aromatic N) is 1. The highest BCUT2D eigenvalue weighted by atomic mass is 32.2. The van der Waals surface area contributed by atoms with Crippen molar-refractivity contribution in [3.8, 4) is 11.3 Å². The third-order valence-corrected chi connectivity index (χ3v) is 4.69. The molecule has 0 amide bonds. The molecule has 0 aliphatic rings. The van der Waals surface area contributed by atoms with Crippen LogP contribution in [0.2, 0.25) is 0 Å². The summed E-state index contributed by atoms with van der Waals surface area (Å²) in [6.45, 7) is 0.0957. The monoisotopic (exact) mass is 331 g/mol. The first-order valence-electron chi connectivity index (χ1n) is 5.91. The molecule has 21 heavy (non-hydrogen) atoms. The number of rotatable bonds is 6. The van der Waals surface area contributed by atoms with E-state index in [0.717, 1.165) is 11.3 Å². The van der Waals surface area contributed by atoms with Crippen LogP contribution in [0.1, 0.15) is 0 Å². The van der Waals surface area contributed by atoms with Crippen molar-refractivity contribution in [2.45, 2.75) is 0 Å². The minimum atomic E-state index is -3.50. The fraction of sp³-hybridized carbons (Fsp3) is 0.250. The fourth-order valence-corrected chi connectivity index (χ4v) is 3.52. The maximum absolute atomic E-state index is 13.0. The Balaban J connectivity index is 2.18. The van der Waals surface area contributed by atoms with Crippen LogP contribution in [0.4, 0.5) is 15.2 Å². The van der Waals surface area contributed by atoms with Gasteiger partial charge in [-0.2, -0.15) is 0 Å². The summed E-state index contributed by atoms with van der Waals surface area (Å²) in [7, 11) is -2.08. The Labute approximate surface area is 125 Å². The number of thiazole rings is 1. The van der Waals surface area contributed by atoms with Gasteiger partial charge in [0.05, 0.1) is 18.1 Å². The molecule has 3 N–H and O–H groups in total. The molecule has 1 aromatic carbocycles. The Morgan fingerprint density at radius 1 is 1.48 bits per heavy atom. The molecule has 0 aliphatic carbocycles. The lowest BCUT2D eigenvalue weighted by Crippen LogP contribution is -2.19. The van der Waals surface area contributed by atoms with E-state index in [1.165, 1.54) is 25.3 Å². The zero-order valence-electron chi connectivity index (χ0n) is 11.2. The Morgan fingerprint density at radius 2 is 2.24 bits per heavy atom. The number of hydrogen-bond acceptors (Lipinski definition) is 6. The summed E-state index contributed by atoms with van der Waals surface area (Å²) in [5.41, 5.74) is 7.01. The van der Waals surface area contributed by atoms with Crippen LogP contribution in [0.5, 0.6) is 0 Å². The third kappa shape index (κ3) is 4.13. The highest BCUT2D eigenvalue weighted by molar-refractivity contribution is 7.92. The Hall–Kier alpha value is -1.71. The van der Waals surface area contributed by atoms with Crippen molar-refractivity contribution in [3.05, 3.63) is 29.4 Å². The number of hydrogen-bond donors (Lipinski definition) is 2. The van der Waals surface area contributed by atoms with E-state index in [1.54, 1.807) is 5.38 Å². The van der Waals surface area contributed by atoms with Crippen molar-refractivity contribution >= 4 is 32.2 Å². The molecule has 0 bridgehead atoms. The van der Waals surface area contributed by atoms with Gasteiger partial charge in [-0.1, -0.05) is 0 Å². The molecule has 0 radical (unpaired) electrons. The first-order valence-corrected chi connectivity index (χ1v) is 8.45. The summed E-state index contributed by atoms with van der Waals surface area (Å²) in [5, 5.41) is 1.88. The molecular weight excluding hydrogens is 317 g/mol. The van der Waals surface area contributed by atoms with Gasteiger partial charge in [-0.25, -0.2) is 17.8 Å². The van der Waals surface area contributed by atoms with E-state index < -0.39 is 15.8 Å². The summed E-state index contributed by atoms with van der Waals surface area (Å²) < 4.78 is 43.5. The Bertz CT molecular complexity index is 731. The molecule has 2 rings (SSSR count). The van der Waals surface area contributed by atoms with Crippen LogP contribution in [0.15, 0.2) is 23.6 Å². The molecule has 0 aliphatic heterocycles. The molecule has 2 aromatic rings. The lowest BCUT2D eigenvalue weighted by Gasteiger charge is -2.04. The van der Waals surface area contributed by atoms with Crippen LogP contribution < -0.4 is 10.5 Å². The summed E-state index contributed by atoms with van der Waals surface area (Å²) in [6.07, 6.45) is 0. The largest absolute Gasteiger partial charge is 0.398 e. The van der Waals surface area contributed by atoms with Gasteiger partial charge in [0, 0.05) is 23.7 Å². The Morgan fingerprint density at radius 3 is 2.90 bits per heavy atom. The molecule has 0 spiro atoms. The molecular formula is C12H14FN3O3S2. The standard InChI is InChI=1S/C12H14FN3O3S2/c1-19-4-5-21(17,18)16-12-15-11(7-20-12)9-3-2-8(13)6-10(9)14/h2-3,6-7H,4-5,14H2,1H3,(H,15,16). The minimum absolute atomic E-state index is 0.0957. The van der Waals surface area contributed by atoms with Gasteiger partial charge in [0.25, 0.3) is 0 Å². The van der Waals surface area contributed by atoms with Gasteiger partial charge in [-0.15, -0.1) is 11.3 Å². The van der Waals surface area contributed by atoms with Gasteiger partial charge >= 0.3 is 0 Å². The molecule has 114 valence electrons. The number of ether oxygens (including phenoxy) is 1. The normalized spacial score (nSPS) is 11.5. The van der Waals surface area contributed by atoms with E-state index in [-0.39, 0.29) is 23.2 Å². The number of aromatic nitrogens is 1. The fourth-order valence-electron chi connectivity index (χ4n) is 1.59. The number of nitrogen functional groups attached to an aromatic ring is 1. The SMILES string of the molecule is COCCS(=O)(=O)Nc1nc(-c2ccc(F)cc2N)cs1. The van der Waals surface area contributed by atoms with Crippen LogP contribution in [-0.2, 0) is 14.8 Å². The molecule has 0 saturated heterocycles. The first kappa shape index (κ1) is 15.7. The topological polar surface area (TPSA) is 94.3 Å². The molecule has 6 nitrogen and oxygen atoms in total. The van der Waals surface area contributed by atoms with E-state index in [0.29, 0.717) is 11.3 Å². The van der Waals surface area contributed by atoms with Crippen LogP contribution >= 0.6 is 11.3 Å². The van der Waals surface area contributed by atoms with E-state index in [4.69, 9.17) is 10.5 Å². The zero-order chi connectivity index (χ0) is 15.5. The third-order valence-electron chi connectivity index (χ3n) is 2.59. The number of nitrogens with one attached hydrogen (secondary N) is 1. The highest BCUT2D eigenvalue weighted by Gasteiger charge is 2.14. The summed E-state index contributed by atoms with van der Waals surface area (Å²) in [5.74, 6) is -0.594. The average molecular weight is 331 g/mol. The lowest BCUT2D eigenvalue weighted by atomic mass is 10.1. The van der Waals surface area contributed by atoms with Crippen LogP contribution in [0.3, 0.4) is 0 Å². The molecule has 0 atom stereocenters. The van der Waals surface area contributed by atoms with Crippen molar-refractivity contribution in [1.82, 2.24) is 4.98 Å². The Kier molecular flexibility index (Phi) is 4.76. The summed E-state index contributed by atoms with van der Waals surface area (Å²) >= 11 is 1.13. The van der Waals surface area contributed by atoms with E-state index in [2.05, 4.69) is 9.71 Å². The van der Waals surface area contributed by atoms with Crippen molar-refractivity contribution in [2.75, 3.05) is 29.9 Å². The molecule has 1 heterocycles. The van der Waals surface area contributed by atoms with E-state index in [1.807, 2.05) is 0 Å². The van der Waals surface area contributed by atoms with Crippen LogP contribution in [-0.4, -0.2) is 32.9 Å². The van der Waals surface area contributed by atoms with Gasteiger partial charge in [0.2, 0.25) is 10.0 Å². The van der Waals surface area contributed by atoms with Gasteiger partial charge in [0.1, 0.15) is 5.82 Å². The average Bonchev–Trinajstić information content (AvgIpc) is 2.84. The molecule has 0 unspecified atom stereocenters. The number of benzene rings is 1. The van der Waals surface area contributed by atoms with Crippen LogP contribution in [0, 0.1) is 5.82 Å². The predicted molar refractivity (Wildman–Crippen MR) is 81.2 cm³/mol. The van der Waals surface area contributed by atoms with Crippen LogP contribution in [0.25, 0.3) is 11.3 Å². The molecule has 0 saturated carbocycles. The van der Waals surface area contributed by atoms with Crippen molar-refractivity contribution in [2.24, 2.45) is 0 Å². The maximum atomic E-state index is 13.0. The molecule has 9 heteroatoms. The highest BCUT2D eigenvalue weighted by Crippen LogP contribution is 2.29. The smallest absolute Gasteiger partial charge is 0.236 e. The second-order valence-corrected chi connectivity index (χ2v) is 6.88. The number of sulfonamides is 1. The lowest BCUT2D eigenvalue weighted by molar-refractivity contribution is 0.217.